The molecule has 1 unspecified atom stereocenters. The van der Waals surface area contributed by atoms with Crippen LogP contribution >= 0.6 is 11.6 Å². The molecule has 2 aliphatic rings. The summed E-state index contributed by atoms with van der Waals surface area (Å²) in [6.07, 6.45) is 0.278. The predicted octanol–water partition coefficient (Wildman–Crippen LogP) is 3.44. The first-order valence-corrected chi connectivity index (χ1v) is 12.6. The molecule has 4 rings (SSSR count). The standard InChI is InChI=1S/C23H22ClNO7S/c1-13-10-17(14-4-3-5-15(11-14)33(2,30)31)18(24)12-16(13)19-20(26)23(32-21(19)27)6-8-25(9-7-23)22(28)29/h3-5,10-12,19H,6-9H2,1-2H3,(H,28,29). The number of hydrogen-bond acceptors (Lipinski definition) is 6. The van der Waals surface area contributed by atoms with E-state index in [1.165, 1.54) is 17.0 Å². The Balaban J connectivity index is 1.67. The normalized spacial score (nSPS) is 20.2. The molecule has 1 atom stereocenters. The molecule has 10 heteroatoms. The van der Waals surface area contributed by atoms with Crippen LogP contribution in [0.25, 0.3) is 11.1 Å². The minimum Gasteiger partial charge on any atom is -0.465 e. The van der Waals surface area contributed by atoms with E-state index in [0.29, 0.717) is 22.3 Å². The van der Waals surface area contributed by atoms with E-state index >= 15 is 0 Å². The average molecular weight is 492 g/mol. The summed E-state index contributed by atoms with van der Waals surface area (Å²) in [4.78, 5) is 38.6. The van der Waals surface area contributed by atoms with Gasteiger partial charge in [0.2, 0.25) is 0 Å². The van der Waals surface area contributed by atoms with Crippen molar-refractivity contribution in [3.63, 3.8) is 0 Å². The maximum Gasteiger partial charge on any atom is 0.407 e. The molecule has 0 saturated carbocycles. The van der Waals surface area contributed by atoms with Crippen molar-refractivity contribution >= 4 is 39.3 Å². The Morgan fingerprint density at radius 1 is 1.18 bits per heavy atom. The molecule has 2 aliphatic heterocycles. The van der Waals surface area contributed by atoms with Gasteiger partial charge < -0.3 is 14.7 Å². The summed E-state index contributed by atoms with van der Waals surface area (Å²) in [6.45, 7) is 1.96. The van der Waals surface area contributed by atoms with Gasteiger partial charge in [-0.1, -0.05) is 23.7 Å². The SMILES string of the molecule is Cc1cc(-c2cccc(S(C)(=O)=O)c2)c(Cl)cc1C1C(=O)OC2(CCN(C(=O)O)CC2)C1=O. The van der Waals surface area contributed by atoms with Crippen LogP contribution in [0.15, 0.2) is 41.3 Å². The molecule has 0 aromatic heterocycles. The molecule has 0 aliphatic carbocycles. The molecule has 0 bridgehead atoms. The van der Waals surface area contributed by atoms with Crippen LogP contribution < -0.4 is 0 Å². The van der Waals surface area contributed by atoms with E-state index in [0.717, 1.165) is 6.26 Å². The minimum atomic E-state index is -3.41. The highest BCUT2D eigenvalue weighted by Crippen LogP contribution is 2.43. The smallest absolute Gasteiger partial charge is 0.407 e. The number of benzene rings is 2. The van der Waals surface area contributed by atoms with Crippen molar-refractivity contribution in [1.29, 1.82) is 0 Å². The van der Waals surface area contributed by atoms with Gasteiger partial charge >= 0.3 is 12.1 Å². The second-order valence-corrected chi connectivity index (χ2v) is 10.9. The van der Waals surface area contributed by atoms with E-state index < -0.39 is 33.4 Å². The van der Waals surface area contributed by atoms with Crippen LogP contribution in [0.3, 0.4) is 0 Å². The van der Waals surface area contributed by atoms with Crippen molar-refractivity contribution in [2.45, 2.75) is 36.2 Å². The number of aryl methyl sites for hydroxylation is 1. The number of hydrogen-bond donors (Lipinski definition) is 1. The Morgan fingerprint density at radius 2 is 1.85 bits per heavy atom. The number of likely N-dealkylation sites (tertiary alicyclic amines) is 1. The quantitative estimate of drug-likeness (QED) is 0.516. The minimum absolute atomic E-state index is 0.108. The number of amides is 1. The monoisotopic (exact) mass is 491 g/mol. The lowest BCUT2D eigenvalue weighted by atomic mass is 9.80. The largest absolute Gasteiger partial charge is 0.465 e. The summed E-state index contributed by atoms with van der Waals surface area (Å²) in [6, 6.07) is 9.64. The maximum atomic E-state index is 13.3. The zero-order valence-electron chi connectivity index (χ0n) is 18.0. The summed E-state index contributed by atoms with van der Waals surface area (Å²) in [5.74, 6) is -2.20. The highest BCUT2D eigenvalue weighted by atomic mass is 35.5. The number of halogens is 1. The number of nitrogens with zero attached hydrogens (tertiary/aromatic N) is 1. The molecule has 0 radical (unpaired) electrons. The number of piperidine rings is 1. The van der Waals surface area contributed by atoms with E-state index in [4.69, 9.17) is 21.4 Å². The van der Waals surface area contributed by atoms with Crippen molar-refractivity contribution in [3.8, 4) is 11.1 Å². The fourth-order valence-electron chi connectivity index (χ4n) is 4.47. The summed E-state index contributed by atoms with van der Waals surface area (Å²) in [7, 11) is -3.41. The van der Waals surface area contributed by atoms with Gasteiger partial charge in [0.05, 0.1) is 4.90 Å². The first-order chi connectivity index (χ1) is 15.4. The number of carbonyl (C=O) groups excluding carboxylic acids is 2. The van der Waals surface area contributed by atoms with E-state index in [9.17, 15) is 22.8 Å². The van der Waals surface area contributed by atoms with Crippen molar-refractivity contribution in [1.82, 2.24) is 4.90 Å². The lowest BCUT2D eigenvalue weighted by Crippen LogP contribution is -2.50. The Labute approximate surface area is 196 Å². The van der Waals surface area contributed by atoms with Gasteiger partial charge in [-0.05, 0) is 47.9 Å². The van der Waals surface area contributed by atoms with Crippen LogP contribution in [0.2, 0.25) is 5.02 Å². The second kappa shape index (κ2) is 8.14. The van der Waals surface area contributed by atoms with Gasteiger partial charge in [-0.25, -0.2) is 13.2 Å². The van der Waals surface area contributed by atoms with Crippen LogP contribution in [0.1, 0.15) is 29.9 Å². The van der Waals surface area contributed by atoms with Crippen LogP contribution in [0, 0.1) is 6.92 Å². The van der Waals surface area contributed by atoms with Crippen molar-refractivity contribution < 1.29 is 32.6 Å². The van der Waals surface area contributed by atoms with Crippen molar-refractivity contribution in [3.05, 3.63) is 52.5 Å². The molecule has 2 aromatic rings. The molecule has 2 aromatic carbocycles. The van der Waals surface area contributed by atoms with Crippen molar-refractivity contribution in [2.75, 3.05) is 19.3 Å². The lowest BCUT2D eigenvalue weighted by molar-refractivity contribution is -0.155. The zero-order valence-corrected chi connectivity index (χ0v) is 19.6. The van der Waals surface area contributed by atoms with Gasteiger partial charge in [0.15, 0.2) is 21.2 Å². The molecular weight excluding hydrogens is 470 g/mol. The van der Waals surface area contributed by atoms with Gasteiger partial charge in [-0.15, -0.1) is 0 Å². The molecule has 2 heterocycles. The molecule has 8 nitrogen and oxygen atoms in total. The topological polar surface area (TPSA) is 118 Å². The molecule has 174 valence electrons. The third-order valence-corrected chi connectivity index (χ3v) is 7.75. The van der Waals surface area contributed by atoms with E-state index in [1.807, 2.05) is 0 Å². The fourth-order valence-corrected chi connectivity index (χ4v) is 5.42. The predicted molar refractivity (Wildman–Crippen MR) is 120 cm³/mol. The third-order valence-electron chi connectivity index (χ3n) is 6.32. The molecule has 2 saturated heterocycles. The average Bonchev–Trinajstić information content (AvgIpc) is 2.98. The Bertz CT molecular complexity index is 1280. The lowest BCUT2D eigenvalue weighted by Gasteiger charge is -2.35. The van der Waals surface area contributed by atoms with Crippen LogP contribution in [-0.2, 0) is 24.2 Å². The van der Waals surface area contributed by atoms with Gasteiger partial charge in [0, 0.05) is 42.8 Å². The van der Waals surface area contributed by atoms with Crippen molar-refractivity contribution in [2.24, 2.45) is 0 Å². The summed E-state index contributed by atoms with van der Waals surface area (Å²) >= 11 is 6.52. The molecule has 1 spiro atoms. The number of sulfone groups is 1. The van der Waals surface area contributed by atoms with E-state index in [-0.39, 0.29) is 41.6 Å². The highest BCUT2D eigenvalue weighted by molar-refractivity contribution is 7.90. The summed E-state index contributed by atoms with van der Waals surface area (Å²) in [5, 5.41) is 9.42. The second-order valence-electron chi connectivity index (χ2n) is 8.47. The summed E-state index contributed by atoms with van der Waals surface area (Å²) < 4.78 is 29.4. The number of ketones is 1. The van der Waals surface area contributed by atoms with Gasteiger partial charge in [0.25, 0.3) is 0 Å². The van der Waals surface area contributed by atoms with E-state index in [2.05, 4.69) is 0 Å². The number of esters is 1. The first-order valence-electron chi connectivity index (χ1n) is 10.3. The van der Waals surface area contributed by atoms with Crippen LogP contribution in [-0.4, -0.2) is 61.2 Å². The Kier molecular flexibility index (Phi) is 5.74. The number of ether oxygens (including phenoxy) is 1. The first kappa shape index (κ1) is 23.3. The van der Waals surface area contributed by atoms with Gasteiger partial charge in [0.1, 0.15) is 5.92 Å². The molecule has 1 N–H and O–H groups in total. The van der Waals surface area contributed by atoms with Gasteiger partial charge in [-0.2, -0.15) is 0 Å². The van der Waals surface area contributed by atoms with E-state index in [1.54, 1.807) is 31.2 Å². The Hall–Kier alpha value is -2.91. The maximum absolute atomic E-state index is 13.3. The van der Waals surface area contributed by atoms with Gasteiger partial charge in [-0.3, -0.25) is 9.59 Å². The Morgan fingerprint density at radius 3 is 2.45 bits per heavy atom. The highest BCUT2D eigenvalue weighted by Gasteiger charge is 2.57. The fraction of sp³-hybridized carbons (Fsp3) is 0.348. The molecule has 1 amide bonds. The third kappa shape index (κ3) is 4.11. The summed E-state index contributed by atoms with van der Waals surface area (Å²) in [5.41, 5.74) is 0.905. The number of rotatable bonds is 3. The molecule has 33 heavy (non-hydrogen) atoms. The zero-order chi connectivity index (χ0) is 24.1. The number of carboxylic acid groups (broad SMARTS) is 1. The number of Topliss-reactive ketones (excluding diaryl/α,β-unsaturated/α-hetero) is 1. The number of carbonyl (C=O) groups is 3. The molecular formula is C23H22ClNO7S. The van der Waals surface area contributed by atoms with Crippen LogP contribution in [0.4, 0.5) is 4.79 Å². The van der Waals surface area contributed by atoms with Crippen LogP contribution in [0.5, 0.6) is 0 Å². The molecule has 2 fully saturated rings.